The fourth-order valence-electron chi connectivity index (χ4n) is 4.69. The largest absolute Gasteiger partial charge is 0.496 e. The van der Waals surface area contributed by atoms with Crippen LogP contribution in [0.3, 0.4) is 0 Å². The molecule has 0 radical (unpaired) electrons. The van der Waals surface area contributed by atoms with E-state index in [-0.39, 0.29) is 36.4 Å². The van der Waals surface area contributed by atoms with Gasteiger partial charge in [0.25, 0.3) is 5.91 Å². The topological polar surface area (TPSA) is 112 Å². The number of rotatable bonds is 12. The van der Waals surface area contributed by atoms with Crippen LogP contribution in [0.4, 0.5) is 4.79 Å². The number of methoxy groups -OCH3 is 1. The van der Waals surface area contributed by atoms with E-state index in [9.17, 15) is 14.4 Å². The lowest BCUT2D eigenvalue weighted by atomic mass is 9.98. The molecule has 0 spiro atoms. The van der Waals surface area contributed by atoms with E-state index < -0.39 is 18.1 Å². The molecule has 0 unspecified atom stereocenters. The molecule has 10 heteroatoms. The van der Waals surface area contributed by atoms with Gasteiger partial charge in [0.1, 0.15) is 30.8 Å². The first kappa shape index (κ1) is 31.7. The van der Waals surface area contributed by atoms with Crippen molar-refractivity contribution in [1.29, 1.82) is 0 Å². The molecule has 0 aromatic heterocycles. The van der Waals surface area contributed by atoms with E-state index in [1.165, 1.54) is 25.9 Å². The first-order valence-corrected chi connectivity index (χ1v) is 15.0. The average Bonchev–Trinajstić information content (AvgIpc) is 3.32. The van der Waals surface area contributed by atoms with Crippen LogP contribution in [-0.2, 0) is 25.7 Å². The monoisotopic (exact) mass is 606 g/mol. The Morgan fingerprint density at radius 3 is 2.19 bits per heavy atom. The van der Waals surface area contributed by atoms with Gasteiger partial charge in [-0.1, -0.05) is 69.3 Å². The van der Waals surface area contributed by atoms with E-state index in [2.05, 4.69) is 34.9 Å². The Morgan fingerprint density at radius 2 is 1.58 bits per heavy atom. The van der Waals surface area contributed by atoms with E-state index in [0.717, 1.165) is 22.3 Å². The number of benzene rings is 3. The van der Waals surface area contributed by atoms with Gasteiger partial charge in [-0.3, -0.25) is 4.79 Å². The van der Waals surface area contributed by atoms with Crippen molar-refractivity contribution < 1.29 is 33.3 Å². The normalized spacial score (nSPS) is 12.9. The molecule has 2 N–H and O–H groups in total. The fourth-order valence-corrected chi connectivity index (χ4v) is 5.57. The number of hydrogen-bond acceptors (Lipinski definition) is 8. The van der Waals surface area contributed by atoms with Crippen molar-refractivity contribution in [3.63, 3.8) is 0 Å². The summed E-state index contributed by atoms with van der Waals surface area (Å²) in [4.78, 5) is 37.7. The van der Waals surface area contributed by atoms with Gasteiger partial charge in [0.15, 0.2) is 6.61 Å². The maximum absolute atomic E-state index is 13.2. The van der Waals surface area contributed by atoms with Gasteiger partial charge in [0, 0.05) is 35.1 Å². The Bertz CT molecular complexity index is 1410. The zero-order valence-corrected chi connectivity index (χ0v) is 25.9. The molecule has 43 heavy (non-hydrogen) atoms. The van der Waals surface area contributed by atoms with Gasteiger partial charge in [0.2, 0.25) is 0 Å². The summed E-state index contributed by atoms with van der Waals surface area (Å²) in [6, 6.07) is 20.3. The number of carbonyl (C=O) groups excluding carboxylic acids is 3. The number of thioether (sulfide) groups is 1. The summed E-state index contributed by atoms with van der Waals surface area (Å²) < 4.78 is 22.1. The highest BCUT2D eigenvalue weighted by molar-refractivity contribution is 8.00. The Morgan fingerprint density at radius 1 is 0.930 bits per heavy atom. The summed E-state index contributed by atoms with van der Waals surface area (Å²) in [6.45, 7) is 6.02. The Balaban J connectivity index is 1.39. The highest BCUT2D eigenvalue weighted by atomic mass is 32.2. The quantitative estimate of drug-likeness (QED) is 0.267. The van der Waals surface area contributed by atoms with E-state index in [4.69, 9.17) is 18.9 Å². The van der Waals surface area contributed by atoms with Crippen LogP contribution < -0.4 is 20.1 Å². The van der Waals surface area contributed by atoms with Crippen molar-refractivity contribution in [3.8, 4) is 22.6 Å². The average molecular weight is 607 g/mol. The Labute approximate surface area is 256 Å². The zero-order chi connectivity index (χ0) is 31.0. The first-order valence-electron chi connectivity index (χ1n) is 14.0. The Hall–Kier alpha value is -4.18. The smallest absolute Gasteiger partial charge is 0.407 e. The highest BCUT2D eigenvalue weighted by Crippen LogP contribution is 2.44. The molecular formula is C33H38N2O7S. The molecule has 3 aromatic rings. The van der Waals surface area contributed by atoms with Crippen molar-refractivity contribution in [2.75, 3.05) is 33.1 Å². The van der Waals surface area contributed by atoms with E-state index in [0.29, 0.717) is 22.8 Å². The van der Waals surface area contributed by atoms with Crippen molar-refractivity contribution >= 4 is 29.7 Å². The summed E-state index contributed by atoms with van der Waals surface area (Å²) in [5, 5.41) is 5.21. The molecule has 0 fully saturated rings. The minimum Gasteiger partial charge on any atom is -0.496 e. The van der Waals surface area contributed by atoms with Crippen LogP contribution in [0.15, 0.2) is 66.7 Å². The minimum absolute atomic E-state index is 0.0826. The van der Waals surface area contributed by atoms with Crippen molar-refractivity contribution in [2.45, 2.75) is 44.1 Å². The van der Waals surface area contributed by atoms with Crippen LogP contribution in [0.1, 0.15) is 43.4 Å². The van der Waals surface area contributed by atoms with Crippen LogP contribution in [0.25, 0.3) is 11.1 Å². The molecule has 9 nitrogen and oxygen atoms in total. The predicted octanol–water partition coefficient (Wildman–Crippen LogP) is 5.30. The van der Waals surface area contributed by atoms with E-state index >= 15 is 0 Å². The van der Waals surface area contributed by atoms with Crippen LogP contribution in [-0.4, -0.2) is 61.9 Å². The first-order chi connectivity index (χ1) is 20.6. The number of nitrogens with one attached hydrogen (secondary N) is 2. The van der Waals surface area contributed by atoms with E-state index in [1.807, 2.05) is 45.0 Å². The van der Waals surface area contributed by atoms with Crippen LogP contribution >= 0.6 is 11.8 Å². The number of alkyl carbamates (subject to hydrolysis) is 1. The SMILES string of the molecule is CNC(=O)COc1ccc(COC(=O)[C@@H](CSC(C)(C)C)NC(=O)OCC2c3ccccc3-c3ccccc32)c(OC)c1. The van der Waals surface area contributed by atoms with Gasteiger partial charge >= 0.3 is 12.1 Å². The molecular weight excluding hydrogens is 568 g/mol. The summed E-state index contributed by atoms with van der Waals surface area (Å²) in [5.41, 5.74) is 5.09. The standard InChI is InChI=1S/C33H38N2O7S/c1-33(2,3)43-20-28(31(37)41-17-21-14-15-22(16-29(21)39-5)40-19-30(36)34-4)35-32(38)42-18-27-25-12-8-6-10-23(25)24-11-7-9-13-26(24)27/h6-16,27-28H,17-20H2,1-5H3,(H,34,36)(H,35,38)/t28-/m1/s1. The van der Waals surface area contributed by atoms with E-state index in [1.54, 1.807) is 18.2 Å². The summed E-state index contributed by atoms with van der Waals surface area (Å²) in [6.07, 6.45) is -0.687. The van der Waals surface area contributed by atoms with Gasteiger partial charge in [-0.25, -0.2) is 9.59 Å². The van der Waals surface area contributed by atoms with Crippen LogP contribution in [0.5, 0.6) is 11.5 Å². The maximum Gasteiger partial charge on any atom is 0.407 e. The summed E-state index contributed by atoms with van der Waals surface area (Å²) in [7, 11) is 3.02. The van der Waals surface area contributed by atoms with Crippen molar-refractivity contribution in [3.05, 3.63) is 83.4 Å². The second kappa shape index (κ2) is 14.3. The molecule has 0 bridgehead atoms. The number of carbonyl (C=O) groups is 3. The summed E-state index contributed by atoms with van der Waals surface area (Å²) >= 11 is 1.53. The van der Waals surface area contributed by atoms with Gasteiger partial charge in [-0.05, 0) is 34.4 Å². The fraction of sp³-hybridized carbons (Fsp3) is 0.364. The third-order valence-corrected chi connectivity index (χ3v) is 8.25. The predicted molar refractivity (Wildman–Crippen MR) is 167 cm³/mol. The van der Waals surface area contributed by atoms with Crippen LogP contribution in [0.2, 0.25) is 0 Å². The highest BCUT2D eigenvalue weighted by Gasteiger charge is 2.30. The molecule has 228 valence electrons. The lowest BCUT2D eigenvalue weighted by Gasteiger charge is -2.23. The minimum atomic E-state index is -0.930. The number of hydrogen-bond donors (Lipinski definition) is 2. The van der Waals surface area contributed by atoms with Crippen molar-refractivity contribution in [2.24, 2.45) is 0 Å². The number of likely N-dealkylation sites (N-methyl/N-ethyl adjacent to an activating group) is 1. The molecule has 3 aromatic carbocycles. The molecule has 0 heterocycles. The lowest BCUT2D eigenvalue weighted by Crippen LogP contribution is -2.44. The van der Waals surface area contributed by atoms with Gasteiger partial charge in [-0.2, -0.15) is 11.8 Å². The molecule has 4 rings (SSSR count). The molecule has 1 aliphatic rings. The zero-order valence-electron chi connectivity index (χ0n) is 25.1. The second-order valence-corrected chi connectivity index (χ2v) is 12.8. The molecule has 0 saturated carbocycles. The maximum atomic E-state index is 13.2. The summed E-state index contributed by atoms with van der Waals surface area (Å²) in [5.74, 6) is 0.227. The number of ether oxygens (including phenoxy) is 4. The Kier molecular flexibility index (Phi) is 10.6. The van der Waals surface area contributed by atoms with Crippen LogP contribution in [0, 0.1) is 0 Å². The van der Waals surface area contributed by atoms with Crippen molar-refractivity contribution in [1.82, 2.24) is 10.6 Å². The number of esters is 1. The van der Waals surface area contributed by atoms with Gasteiger partial charge < -0.3 is 29.6 Å². The van der Waals surface area contributed by atoms with Gasteiger partial charge in [0.05, 0.1) is 7.11 Å². The molecule has 0 saturated heterocycles. The van der Waals surface area contributed by atoms with Gasteiger partial charge in [-0.15, -0.1) is 0 Å². The third kappa shape index (κ3) is 8.44. The molecule has 1 aliphatic carbocycles. The molecule has 1 atom stereocenters. The number of amides is 2. The lowest BCUT2D eigenvalue weighted by molar-refractivity contribution is -0.146. The molecule has 0 aliphatic heterocycles. The molecule has 2 amide bonds. The number of fused-ring (bicyclic) bond motifs is 3. The second-order valence-electron chi connectivity index (χ2n) is 11.0. The third-order valence-electron chi connectivity index (χ3n) is 6.88.